The average molecular weight is 558 g/mol. The monoisotopic (exact) mass is 557 g/mol. The Morgan fingerprint density at radius 2 is 1.59 bits per heavy atom. The van der Waals surface area contributed by atoms with Gasteiger partial charge in [-0.2, -0.15) is 0 Å². The number of nitrogens with zero attached hydrogens (tertiary/aromatic N) is 4. The molecule has 0 saturated heterocycles. The van der Waals surface area contributed by atoms with Crippen molar-refractivity contribution in [3.63, 3.8) is 0 Å². The van der Waals surface area contributed by atoms with Crippen molar-refractivity contribution >= 4 is 17.8 Å². The van der Waals surface area contributed by atoms with Gasteiger partial charge in [0.05, 0.1) is 26.4 Å². The molecule has 0 radical (unpaired) electrons. The number of ether oxygens (including phenoxy) is 2. The first-order chi connectivity index (χ1) is 19.8. The number of benzene rings is 3. The summed E-state index contributed by atoms with van der Waals surface area (Å²) in [5.41, 5.74) is 3.96. The molecule has 0 bridgehead atoms. The van der Waals surface area contributed by atoms with E-state index >= 15 is 0 Å². The van der Waals surface area contributed by atoms with Crippen LogP contribution in [-0.2, 0) is 20.9 Å². The molecule has 4 aromatic rings. The van der Waals surface area contributed by atoms with Gasteiger partial charge < -0.3 is 24.5 Å². The van der Waals surface area contributed by atoms with E-state index in [0.29, 0.717) is 0 Å². The Labute approximate surface area is 237 Å². The lowest BCUT2D eigenvalue weighted by Gasteiger charge is -2.32. The smallest absolute Gasteiger partial charge is 0.435 e. The van der Waals surface area contributed by atoms with Crippen LogP contribution in [0.1, 0.15) is 24.1 Å². The van der Waals surface area contributed by atoms with Crippen LogP contribution in [0.25, 0.3) is 11.1 Å². The maximum atomic E-state index is 13.4. The van der Waals surface area contributed by atoms with Gasteiger partial charge in [0.2, 0.25) is 0 Å². The predicted octanol–water partition coefficient (Wildman–Crippen LogP) is 4.19. The maximum Gasteiger partial charge on any atom is 0.435 e. The van der Waals surface area contributed by atoms with Crippen LogP contribution < -0.4 is 10.1 Å². The number of carbonyl (C=O) groups is 2. The summed E-state index contributed by atoms with van der Waals surface area (Å²) in [6, 6.07) is 25.2. The van der Waals surface area contributed by atoms with Crippen molar-refractivity contribution in [2.45, 2.75) is 25.7 Å². The van der Waals surface area contributed by atoms with Crippen LogP contribution in [0.15, 0.2) is 91.3 Å². The maximum absolute atomic E-state index is 13.4. The van der Waals surface area contributed by atoms with E-state index in [1.54, 1.807) is 14.0 Å². The van der Waals surface area contributed by atoms with E-state index in [-0.39, 0.29) is 19.1 Å². The zero-order chi connectivity index (χ0) is 29.4. The second-order valence-electron chi connectivity index (χ2n) is 9.25. The second-order valence-corrected chi connectivity index (χ2v) is 9.25. The van der Waals surface area contributed by atoms with Crippen molar-refractivity contribution in [3.05, 3.63) is 112 Å². The van der Waals surface area contributed by atoms with Crippen molar-refractivity contribution in [1.82, 2.24) is 19.8 Å². The number of hydrogen-bond acceptors (Lipinski definition) is 8. The molecule has 1 aromatic heterocycles. The molecule has 4 rings (SSSR count). The molecule has 0 saturated carbocycles. The van der Waals surface area contributed by atoms with Crippen molar-refractivity contribution in [2.24, 2.45) is 0 Å². The summed E-state index contributed by atoms with van der Waals surface area (Å²) in [6.45, 7) is 1.04. The van der Waals surface area contributed by atoms with Gasteiger partial charge in [0.15, 0.2) is 6.54 Å². The number of hydrogen-bond donors (Lipinski definition) is 1. The van der Waals surface area contributed by atoms with Gasteiger partial charge >= 0.3 is 11.9 Å². The van der Waals surface area contributed by atoms with Crippen LogP contribution in [0, 0.1) is 10.1 Å². The molecule has 2 atom stereocenters. The molecule has 1 amide bonds. The standard InChI is InChI=1S/C30H31N5O6/c1-21(34(20-28(37)41-3)27(36)19-33-18-17-31-30(33)35(38)39)32-29(24-7-5-4-6-8-24)25-11-9-22(10-12-25)23-13-15-26(40-2)16-14-23/h4-18,21,29,32H,19-20H2,1-3H3. The average Bonchev–Trinajstić information content (AvgIpc) is 3.47. The molecule has 11 heteroatoms. The number of aromatic nitrogens is 2. The molecular formula is C30H31N5O6. The van der Waals surface area contributed by atoms with E-state index < -0.39 is 28.9 Å². The molecule has 2 unspecified atom stereocenters. The number of rotatable bonds is 12. The lowest BCUT2D eigenvalue weighted by Crippen LogP contribution is -2.51. The van der Waals surface area contributed by atoms with E-state index in [1.165, 1.54) is 24.4 Å². The van der Waals surface area contributed by atoms with E-state index in [2.05, 4.69) is 10.3 Å². The van der Waals surface area contributed by atoms with Crippen LogP contribution in [0.3, 0.4) is 0 Å². The zero-order valence-corrected chi connectivity index (χ0v) is 23.0. The summed E-state index contributed by atoms with van der Waals surface area (Å²) in [5, 5.41) is 14.8. The van der Waals surface area contributed by atoms with Crippen molar-refractivity contribution in [2.75, 3.05) is 20.8 Å². The Balaban J connectivity index is 1.61. The lowest BCUT2D eigenvalue weighted by molar-refractivity contribution is -0.396. The molecule has 1 N–H and O–H groups in total. The highest BCUT2D eigenvalue weighted by molar-refractivity contribution is 5.82. The number of esters is 1. The Morgan fingerprint density at radius 1 is 0.976 bits per heavy atom. The van der Waals surface area contributed by atoms with E-state index in [1.807, 2.05) is 78.9 Å². The minimum Gasteiger partial charge on any atom is -0.497 e. The topological polar surface area (TPSA) is 129 Å². The molecule has 212 valence electrons. The largest absolute Gasteiger partial charge is 0.497 e. The first kappa shape index (κ1) is 29.0. The minimum absolute atomic E-state index is 0.341. The third-order valence-corrected chi connectivity index (χ3v) is 6.69. The van der Waals surface area contributed by atoms with Crippen molar-refractivity contribution in [1.29, 1.82) is 0 Å². The Morgan fingerprint density at radius 3 is 2.17 bits per heavy atom. The fourth-order valence-corrected chi connectivity index (χ4v) is 4.49. The molecule has 0 aliphatic heterocycles. The van der Waals surface area contributed by atoms with Gasteiger partial charge in [-0.05, 0) is 46.2 Å². The Bertz CT molecular complexity index is 1470. The highest BCUT2D eigenvalue weighted by atomic mass is 16.6. The van der Waals surface area contributed by atoms with Gasteiger partial charge in [0.25, 0.3) is 5.91 Å². The van der Waals surface area contributed by atoms with Crippen molar-refractivity contribution < 1.29 is 24.0 Å². The van der Waals surface area contributed by atoms with Crippen LogP contribution in [0.5, 0.6) is 5.75 Å². The molecule has 0 aliphatic rings. The fourth-order valence-electron chi connectivity index (χ4n) is 4.49. The van der Waals surface area contributed by atoms with Gasteiger partial charge in [-0.1, -0.05) is 71.7 Å². The third kappa shape index (κ3) is 7.14. The number of nitro groups is 1. The number of amides is 1. The summed E-state index contributed by atoms with van der Waals surface area (Å²) >= 11 is 0. The van der Waals surface area contributed by atoms with Crippen LogP contribution in [-0.4, -0.2) is 58.2 Å². The zero-order valence-electron chi connectivity index (χ0n) is 23.0. The highest BCUT2D eigenvalue weighted by Crippen LogP contribution is 2.28. The van der Waals surface area contributed by atoms with Crippen LogP contribution in [0.2, 0.25) is 0 Å². The van der Waals surface area contributed by atoms with Gasteiger partial charge in [-0.3, -0.25) is 14.9 Å². The summed E-state index contributed by atoms with van der Waals surface area (Å²) in [4.78, 5) is 41.3. The first-order valence-corrected chi connectivity index (χ1v) is 12.9. The predicted molar refractivity (Wildman–Crippen MR) is 152 cm³/mol. The lowest BCUT2D eigenvalue weighted by atomic mass is 9.96. The van der Waals surface area contributed by atoms with Crippen LogP contribution >= 0.6 is 0 Å². The molecule has 1 heterocycles. The molecular weight excluding hydrogens is 526 g/mol. The van der Waals surface area contributed by atoms with E-state index in [0.717, 1.165) is 32.6 Å². The van der Waals surface area contributed by atoms with Gasteiger partial charge in [0.1, 0.15) is 24.7 Å². The molecule has 41 heavy (non-hydrogen) atoms. The Hall–Kier alpha value is -5.03. The molecule has 0 fully saturated rings. The summed E-state index contributed by atoms with van der Waals surface area (Å²) in [7, 11) is 2.86. The number of imidazole rings is 1. The summed E-state index contributed by atoms with van der Waals surface area (Å²) < 4.78 is 11.2. The fraction of sp³-hybridized carbons (Fsp3) is 0.233. The second kappa shape index (κ2) is 13.4. The molecule has 11 nitrogen and oxygen atoms in total. The first-order valence-electron chi connectivity index (χ1n) is 12.9. The SMILES string of the molecule is COC(=O)CN(C(=O)Cn1ccnc1[N+](=O)[O-])C(C)NC(c1ccccc1)c1ccc(-c2ccc(OC)cc2)cc1. The highest BCUT2D eigenvalue weighted by Gasteiger charge is 2.29. The van der Waals surface area contributed by atoms with Gasteiger partial charge in [0, 0.05) is 0 Å². The third-order valence-electron chi connectivity index (χ3n) is 6.69. The minimum atomic E-state index is -0.666. The summed E-state index contributed by atoms with van der Waals surface area (Å²) in [5.74, 6) is -0.817. The number of nitrogens with one attached hydrogen (secondary N) is 1. The Kier molecular flexibility index (Phi) is 9.43. The van der Waals surface area contributed by atoms with Crippen molar-refractivity contribution in [3.8, 4) is 16.9 Å². The van der Waals surface area contributed by atoms with Gasteiger partial charge in [-0.15, -0.1) is 0 Å². The van der Waals surface area contributed by atoms with Crippen LogP contribution in [0.4, 0.5) is 5.95 Å². The number of carbonyl (C=O) groups excluding carboxylic acids is 2. The quantitative estimate of drug-likeness (QED) is 0.119. The van der Waals surface area contributed by atoms with Gasteiger partial charge in [-0.25, -0.2) is 4.57 Å². The molecule has 0 aliphatic carbocycles. The number of methoxy groups -OCH3 is 2. The summed E-state index contributed by atoms with van der Waals surface area (Å²) in [6.07, 6.45) is 1.94. The molecule has 0 spiro atoms. The molecule has 3 aromatic carbocycles. The van der Waals surface area contributed by atoms with E-state index in [9.17, 15) is 19.7 Å². The normalized spacial score (nSPS) is 12.3. The van der Waals surface area contributed by atoms with E-state index in [4.69, 9.17) is 9.47 Å².